The highest BCUT2D eigenvalue weighted by Crippen LogP contribution is 2.09. The van der Waals surface area contributed by atoms with Crippen molar-refractivity contribution in [3.05, 3.63) is 59.7 Å². The van der Waals surface area contributed by atoms with Crippen molar-refractivity contribution in [2.45, 2.75) is 13.8 Å². The van der Waals surface area contributed by atoms with Crippen LogP contribution in [0.25, 0.3) is 0 Å². The third-order valence-corrected chi connectivity index (χ3v) is 2.23. The lowest BCUT2D eigenvalue weighted by atomic mass is 10.2. The molecule has 0 heterocycles. The van der Waals surface area contributed by atoms with Crippen LogP contribution in [-0.4, -0.2) is 32.4 Å². The van der Waals surface area contributed by atoms with Crippen molar-refractivity contribution in [1.29, 1.82) is 0 Å². The maximum absolute atomic E-state index is 10.2. The normalized spacial score (nSPS) is 8.64. The first kappa shape index (κ1) is 19.0. The second-order valence-electron chi connectivity index (χ2n) is 3.70. The number of carbonyl (C=O) groups is 2. The molecule has 22 heavy (non-hydrogen) atoms. The summed E-state index contributed by atoms with van der Waals surface area (Å²) >= 11 is 0. The molecule has 2 rings (SSSR count). The van der Waals surface area contributed by atoms with Gasteiger partial charge in [-0.15, -0.1) is 0 Å². The number of aromatic hydroxyl groups is 2. The fourth-order valence-electron chi connectivity index (χ4n) is 1.21. The summed E-state index contributed by atoms with van der Waals surface area (Å²) in [6.45, 7) is 4.00. The van der Waals surface area contributed by atoms with Crippen LogP contribution >= 0.6 is 0 Å². The van der Waals surface area contributed by atoms with E-state index >= 15 is 0 Å². The van der Waals surface area contributed by atoms with Gasteiger partial charge in [-0.05, 0) is 48.5 Å². The van der Waals surface area contributed by atoms with Crippen LogP contribution in [0.1, 0.15) is 34.6 Å². The Morgan fingerprint density at radius 2 is 0.864 bits per heavy atom. The Morgan fingerprint density at radius 1 is 0.636 bits per heavy atom. The highest BCUT2D eigenvalue weighted by molar-refractivity contribution is 5.88. The summed E-state index contributed by atoms with van der Waals surface area (Å²) in [5.41, 5.74) is 0.357. The summed E-state index contributed by atoms with van der Waals surface area (Å²) in [6, 6.07) is 10.7. The molecule has 0 radical (unpaired) electrons. The molecular formula is C16H18O6. The van der Waals surface area contributed by atoms with Gasteiger partial charge in [0.15, 0.2) is 0 Å². The lowest BCUT2D eigenvalue weighted by Gasteiger charge is -1.92. The van der Waals surface area contributed by atoms with Crippen molar-refractivity contribution >= 4 is 11.9 Å². The largest absolute Gasteiger partial charge is 0.508 e. The third kappa shape index (κ3) is 6.95. The first-order valence-electron chi connectivity index (χ1n) is 6.45. The van der Waals surface area contributed by atoms with E-state index in [1.165, 1.54) is 48.5 Å². The van der Waals surface area contributed by atoms with Crippen molar-refractivity contribution in [3.8, 4) is 11.5 Å². The number of hydrogen-bond acceptors (Lipinski definition) is 4. The number of phenolic OH excluding ortho intramolecular Hbond substituents is 2. The fraction of sp³-hybridized carbons (Fsp3) is 0.125. The van der Waals surface area contributed by atoms with E-state index in [1.54, 1.807) is 0 Å². The number of carboxylic acids is 2. The van der Waals surface area contributed by atoms with Gasteiger partial charge in [0, 0.05) is 0 Å². The molecule has 0 aliphatic rings. The van der Waals surface area contributed by atoms with Crippen LogP contribution in [0.3, 0.4) is 0 Å². The van der Waals surface area contributed by atoms with Gasteiger partial charge < -0.3 is 20.4 Å². The van der Waals surface area contributed by atoms with Gasteiger partial charge in [0.25, 0.3) is 0 Å². The lowest BCUT2D eigenvalue weighted by molar-refractivity contribution is 0.0686. The number of carboxylic acid groups (broad SMARTS) is 2. The Bertz CT molecular complexity index is 532. The van der Waals surface area contributed by atoms with Gasteiger partial charge in [-0.1, -0.05) is 13.8 Å². The van der Waals surface area contributed by atoms with Crippen LogP contribution in [-0.2, 0) is 0 Å². The summed E-state index contributed by atoms with van der Waals surface area (Å²) in [5, 5.41) is 34.3. The van der Waals surface area contributed by atoms with E-state index in [-0.39, 0.29) is 22.6 Å². The molecule has 0 unspecified atom stereocenters. The van der Waals surface area contributed by atoms with E-state index in [1.807, 2.05) is 13.8 Å². The Balaban J connectivity index is 0.000000360. The molecule has 6 nitrogen and oxygen atoms in total. The summed E-state index contributed by atoms with van der Waals surface area (Å²) < 4.78 is 0. The SMILES string of the molecule is CC.O=C(O)c1ccc(O)cc1.O=C(O)c1ccc(O)cc1. The first-order valence-corrected chi connectivity index (χ1v) is 6.45. The summed E-state index contributed by atoms with van der Waals surface area (Å²) in [6.07, 6.45) is 0. The van der Waals surface area contributed by atoms with Crippen molar-refractivity contribution in [2.24, 2.45) is 0 Å². The third-order valence-electron chi connectivity index (χ3n) is 2.23. The average molecular weight is 306 g/mol. The lowest BCUT2D eigenvalue weighted by Crippen LogP contribution is -1.93. The monoisotopic (exact) mass is 306 g/mol. The second kappa shape index (κ2) is 9.82. The minimum absolute atomic E-state index is 0.0741. The quantitative estimate of drug-likeness (QED) is 0.677. The number of hydrogen-bond donors (Lipinski definition) is 4. The molecule has 0 aliphatic heterocycles. The van der Waals surface area contributed by atoms with Gasteiger partial charge in [-0.3, -0.25) is 0 Å². The molecule has 0 spiro atoms. The van der Waals surface area contributed by atoms with Crippen LogP contribution in [0.4, 0.5) is 0 Å². The highest BCUT2D eigenvalue weighted by Gasteiger charge is 2.00. The minimum atomic E-state index is -0.986. The number of phenols is 2. The highest BCUT2D eigenvalue weighted by atomic mass is 16.4. The smallest absolute Gasteiger partial charge is 0.335 e. The van der Waals surface area contributed by atoms with E-state index in [2.05, 4.69) is 0 Å². The molecule has 0 saturated carbocycles. The van der Waals surface area contributed by atoms with Gasteiger partial charge in [-0.25, -0.2) is 9.59 Å². The predicted octanol–water partition coefficient (Wildman–Crippen LogP) is 3.21. The predicted molar refractivity (Wildman–Crippen MR) is 81.5 cm³/mol. The molecule has 0 amide bonds. The Hall–Kier alpha value is -3.02. The zero-order valence-corrected chi connectivity index (χ0v) is 12.2. The zero-order chi connectivity index (χ0) is 17.1. The fourth-order valence-corrected chi connectivity index (χ4v) is 1.21. The maximum Gasteiger partial charge on any atom is 0.335 e. The maximum atomic E-state index is 10.2. The Kier molecular flexibility index (Phi) is 8.47. The molecule has 0 atom stereocenters. The van der Waals surface area contributed by atoms with E-state index in [0.29, 0.717) is 0 Å². The van der Waals surface area contributed by atoms with Crippen LogP contribution in [0.5, 0.6) is 11.5 Å². The molecule has 4 N–H and O–H groups in total. The molecule has 2 aromatic carbocycles. The van der Waals surface area contributed by atoms with E-state index < -0.39 is 11.9 Å². The molecule has 0 aliphatic carbocycles. The zero-order valence-electron chi connectivity index (χ0n) is 12.2. The van der Waals surface area contributed by atoms with Crippen LogP contribution < -0.4 is 0 Å². The molecule has 2 aromatic rings. The topological polar surface area (TPSA) is 115 Å². The second-order valence-corrected chi connectivity index (χ2v) is 3.70. The number of rotatable bonds is 2. The molecule has 0 bridgehead atoms. The van der Waals surface area contributed by atoms with Crippen LogP contribution in [0.2, 0.25) is 0 Å². The molecular weight excluding hydrogens is 288 g/mol. The average Bonchev–Trinajstić information content (AvgIpc) is 2.51. The summed E-state index contributed by atoms with van der Waals surface area (Å²) in [7, 11) is 0. The van der Waals surface area contributed by atoms with Crippen LogP contribution in [0.15, 0.2) is 48.5 Å². The molecule has 118 valence electrons. The van der Waals surface area contributed by atoms with E-state index in [0.717, 1.165) is 0 Å². The minimum Gasteiger partial charge on any atom is -0.508 e. The van der Waals surface area contributed by atoms with Crippen molar-refractivity contribution in [2.75, 3.05) is 0 Å². The number of aromatic carboxylic acids is 2. The summed E-state index contributed by atoms with van der Waals surface area (Å²) in [4.78, 5) is 20.5. The number of benzene rings is 2. The van der Waals surface area contributed by atoms with Crippen LogP contribution in [0, 0.1) is 0 Å². The first-order chi connectivity index (χ1) is 10.4. The summed E-state index contributed by atoms with van der Waals surface area (Å²) in [5.74, 6) is -1.82. The molecule has 6 heteroatoms. The Labute approximate surface area is 127 Å². The van der Waals surface area contributed by atoms with Gasteiger partial charge >= 0.3 is 11.9 Å². The van der Waals surface area contributed by atoms with Gasteiger partial charge in [-0.2, -0.15) is 0 Å². The van der Waals surface area contributed by atoms with Gasteiger partial charge in [0.2, 0.25) is 0 Å². The van der Waals surface area contributed by atoms with Crippen molar-refractivity contribution < 1.29 is 30.0 Å². The van der Waals surface area contributed by atoms with E-state index in [9.17, 15) is 9.59 Å². The molecule has 0 aromatic heterocycles. The van der Waals surface area contributed by atoms with Crippen molar-refractivity contribution in [3.63, 3.8) is 0 Å². The van der Waals surface area contributed by atoms with Gasteiger partial charge in [0.1, 0.15) is 11.5 Å². The van der Waals surface area contributed by atoms with E-state index in [4.69, 9.17) is 20.4 Å². The standard InChI is InChI=1S/2C7H6O3.C2H6/c2*8-6-3-1-5(2-4-6)7(9)10;1-2/h2*1-4,8H,(H,9,10);1-2H3. The Morgan fingerprint density at radius 3 is 1.05 bits per heavy atom. The molecule has 0 fully saturated rings. The van der Waals surface area contributed by atoms with Gasteiger partial charge in [0.05, 0.1) is 11.1 Å². The van der Waals surface area contributed by atoms with Crippen molar-refractivity contribution in [1.82, 2.24) is 0 Å². The molecule has 0 saturated heterocycles.